The van der Waals surface area contributed by atoms with Crippen LogP contribution in [0.4, 0.5) is 0 Å². The SMILES string of the molecule is CC(C)Cc1ccc(C(=O)CC(=O)C(Cl)Cl)cc1. The highest BCUT2D eigenvalue weighted by Crippen LogP contribution is 2.13. The molecule has 98 valence electrons. The van der Waals surface area contributed by atoms with Crippen molar-refractivity contribution in [1.82, 2.24) is 0 Å². The summed E-state index contributed by atoms with van der Waals surface area (Å²) >= 11 is 10.8. The summed E-state index contributed by atoms with van der Waals surface area (Å²) in [4.78, 5) is 21.9. The van der Waals surface area contributed by atoms with Crippen LogP contribution in [0.2, 0.25) is 0 Å². The molecule has 0 atom stereocenters. The van der Waals surface area contributed by atoms with Crippen molar-refractivity contribution in [2.24, 2.45) is 5.92 Å². The smallest absolute Gasteiger partial charge is 0.173 e. The number of hydrogen-bond acceptors (Lipinski definition) is 2. The zero-order chi connectivity index (χ0) is 13.7. The van der Waals surface area contributed by atoms with Crippen molar-refractivity contribution in [3.05, 3.63) is 35.4 Å². The van der Waals surface area contributed by atoms with Gasteiger partial charge in [0.2, 0.25) is 0 Å². The second kappa shape index (κ2) is 6.91. The summed E-state index contributed by atoms with van der Waals surface area (Å²) in [6.45, 7) is 4.28. The molecular weight excluding hydrogens is 271 g/mol. The molecule has 0 bridgehead atoms. The molecule has 0 radical (unpaired) electrons. The quantitative estimate of drug-likeness (QED) is 0.452. The lowest BCUT2D eigenvalue weighted by molar-refractivity contribution is -0.116. The molecule has 0 spiro atoms. The summed E-state index contributed by atoms with van der Waals surface area (Å²) in [7, 11) is 0. The second-order valence-electron chi connectivity index (χ2n) is 4.66. The second-order valence-corrected chi connectivity index (χ2v) is 5.76. The van der Waals surface area contributed by atoms with Gasteiger partial charge in [0.15, 0.2) is 16.4 Å². The standard InChI is InChI=1S/C14H16Cl2O2/c1-9(2)7-10-3-5-11(6-4-10)12(17)8-13(18)14(15)16/h3-6,9,14H,7-8H2,1-2H3. The van der Waals surface area contributed by atoms with Crippen molar-refractivity contribution < 1.29 is 9.59 Å². The minimum atomic E-state index is -1.13. The summed E-state index contributed by atoms with van der Waals surface area (Å²) in [5.74, 6) is -0.140. The van der Waals surface area contributed by atoms with Crippen LogP contribution in [0, 0.1) is 5.92 Å². The maximum absolute atomic E-state index is 11.8. The number of carbonyl (C=O) groups excluding carboxylic acids is 2. The molecule has 0 aliphatic carbocycles. The van der Waals surface area contributed by atoms with Crippen LogP contribution in [-0.2, 0) is 11.2 Å². The molecule has 0 saturated heterocycles. The van der Waals surface area contributed by atoms with Gasteiger partial charge in [-0.15, -0.1) is 0 Å². The molecule has 0 fully saturated rings. The van der Waals surface area contributed by atoms with Gasteiger partial charge in [-0.2, -0.15) is 0 Å². The van der Waals surface area contributed by atoms with Gasteiger partial charge in [-0.1, -0.05) is 61.3 Å². The zero-order valence-corrected chi connectivity index (χ0v) is 12.0. The first kappa shape index (κ1) is 15.2. The maximum atomic E-state index is 11.8. The molecule has 1 aromatic rings. The van der Waals surface area contributed by atoms with Gasteiger partial charge < -0.3 is 0 Å². The molecule has 2 nitrogen and oxygen atoms in total. The average Bonchev–Trinajstić information content (AvgIpc) is 2.28. The summed E-state index contributed by atoms with van der Waals surface area (Å²) < 4.78 is 0. The molecule has 0 aliphatic heterocycles. The van der Waals surface area contributed by atoms with Gasteiger partial charge in [-0.3, -0.25) is 9.59 Å². The van der Waals surface area contributed by atoms with Crippen molar-refractivity contribution in [1.29, 1.82) is 0 Å². The van der Waals surface area contributed by atoms with E-state index in [1.165, 1.54) is 5.56 Å². The minimum absolute atomic E-state index is 0.248. The summed E-state index contributed by atoms with van der Waals surface area (Å²) in [6, 6.07) is 7.31. The normalized spacial score (nSPS) is 11.0. The molecule has 1 aromatic carbocycles. The molecule has 4 heteroatoms. The van der Waals surface area contributed by atoms with E-state index in [0.29, 0.717) is 11.5 Å². The molecule has 1 rings (SSSR count). The fourth-order valence-corrected chi connectivity index (χ4v) is 1.79. The van der Waals surface area contributed by atoms with E-state index < -0.39 is 10.6 Å². The zero-order valence-electron chi connectivity index (χ0n) is 10.5. The number of alkyl halides is 2. The number of Topliss-reactive ketones (excluding diaryl/α,β-unsaturated/α-hetero) is 2. The lowest BCUT2D eigenvalue weighted by Crippen LogP contribution is -2.14. The molecule has 0 saturated carbocycles. The van der Waals surface area contributed by atoms with Crippen molar-refractivity contribution in [2.45, 2.75) is 31.5 Å². The number of carbonyl (C=O) groups is 2. The lowest BCUT2D eigenvalue weighted by atomic mass is 9.99. The van der Waals surface area contributed by atoms with E-state index in [2.05, 4.69) is 13.8 Å². The van der Waals surface area contributed by atoms with E-state index in [4.69, 9.17) is 23.2 Å². The van der Waals surface area contributed by atoms with Crippen molar-refractivity contribution in [2.75, 3.05) is 0 Å². The largest absolute Gasteiger partial charge is 0.296 e. The first-order valence-corrected chi connectivity index (χ1v) is 6.70. The number of halogens is 2. The molecule has 0 heterocycles. The lowest BCUT2D eigenvalue weighted by Gasteiger charge is -2.06. The molecule has 0 N–H and O–H groups in total. The Bertz CT molecular complexity index is 422. The third-order valence-electron chi connectivity index (χ3n) is 2.50. The van der Waals surface area contributed by atoms with E-state index in [-0.39, 0.29) is 12.2 Å². The van der Waals surface area contributed by atoms with Crippen molar-refractivity contribution in [3.63, 3.8) is 0 Å². The van der Waals surface area contributed by atoms with E-state index in [1.54, 1.807) is 12.1 Å². The Morgan fingerprint density at radius 1 is 1.11 bits per heavy atom. The predicted molar refractivity (Wildman–Crippen MR) is 74.4 cm³/mol. The van der Waals surface area contributed by atoms with Gasteiger partial charge in [0.05, 0.1) is 6.42 Å². The van der Waals surface area contributed by atoms with Crippen LogP contribution >= 0.6 is 23.2 Å². The summed E-state index contributed by atoms with van der Waals surface area (Å²) in [5, 5.41) is 0. The van der Waals surface area contributed by atoms with Crippen LogP contribution in [0.25, 0.3) is 0 Å². The van der Waals surface area contributed by atoms with Crippen LogP contribution < -0.4 is 0 Å². The van der Waals surface area contributed by atoms with E-state index in [0.717, 1.165) is 6.42 Å². The Morgan fingerprint density at radius 2 is 1.67 bits per heavy atom. The average molecular weight is 287 g/mol. The predicted octanol–water partition coefficient (Wildman–Crippen LogP) is 3.83. The molecule has 0 aromatic heterocycles. The Kier molecular flexibility index (Phi) is 5.83. The first-order valence-electron chi connectivity index (χ1n) is 5.83. The molecule has 0 amide bonds. The number of ketones is 2. The maximum Gasteiger partial charge on any atom is 0.173 e. The van der Waals surface area contributed by atoms with Gasteiger partial charge in [-0.05, 0) is 17.9 Å². The molecule has 0 aliphatic rings. The van der Waals surface area contributed by atoms with Gasteiger partial charge in [0.1, 0.15) is 0 Å². The van der Waals surface area contributed by atoms with E-state index in [9.17, 15) is 9.59 Å². The Morgan fingerprint density at radius 3 is 2.11 bits per heavy atom. The monoisotopic (exact) mass is 286 g/mol. The third-order valence-corrected chi connectivity index (χ3v) is 2.98. The van der Waals surface area contributed by atoms with Crippen molar-refractivity contribution >= 4 is 34.8 Å². The highest BCUT2D eigenvalue weighted by molar-refractivity contribution is 6.54. The number of benzene rings is 1. The fourth-order valence-electron chi connectivity index (χ4n) is 1.64. The molecule has 18 heavy (non-hydrogen) atoms. The topological polar surface area (TPSA) is 34.1 Å². The van der Waals surface area contributed by atoms with Crippen molar-refractivity contribution in [3.8, 4) is 0 Å². The summed E-state index contributed by atoms with van der Waals surface area (Å²) in [5.41, 5.74) is 1.70. The third kappa shape index (κ3) is 4.79. The highest BCUT2D eigenvalue weighted by Gasteiger charge is 2.17. The number of rotatable bonds is 6. The first-order chi connectivity index (χ1) is 8.40. The number of hydrogen-bond donors (Lipinski definition) is 0. The Hall–Kier alpha value is -0.860. The van der Waals surface area contributed by atoms with Gasteiger partial charge in [-0.25, -0.2) is 0 Å². The minimum Gasteiger partial charge on any atom is -0.296 e. The van der Waals surface area contributed by atoms with Crippen LogP contribution in [0.15, 0.2) is 24.3 Å². The van der Waals surface area contributed by atoms with Gasteiger partial charge in [0, 0.05) is 5.56 Å². The van der Waals surface area contributed by atoms with Crippen LogP contribution in [-0.4, -0.2) is 16.4 Å². The van der Waals surface area contributed by atoms with Crippen LogP contribution in [0.5, 0.6) is 0 Å². The molecular formula is C14H16Cl2O2. The highest BCUT2D eigenvalue weighted by atomic mass is 35.5. The van der Waals surface area contributed by atoms with E-state index >= 15 is 0 Å². The van der Waals surface area contributed by atoms with Crippen LogP contribution in [0.1, 0.15) is 36.2 Å². The van der Waals surface area contributed by atoms with Gasteiger partial charge in [0.25, 0.3) is 0 Å². The van der Waals surface area contributed by atoms with Crippen LogP contribution in [0.3, 0.4) is 0 Å². The fraction of sp³-hybridized carbons (Fsp3) is 0.429. The Balaban J connectivity index is 2.67. The summed E-state index contributed by atoms with van der Waals surface area (Å²) in [6.07, 6.45) is 0.722. The van der Waals surface area contributed by atoms with E-state index in [1.807, 2.05) is 12.1 Å². The van der Waals surface area contributed by atoms with Gasteiger partial charge >= 0.3 is 0 Å². The molecule has 0 unspecified atom stereocenters. The Labute approximate surface area is 117 Å².